The zero-order valence-electron chi connectivity index (χ0n) is 11.5. The number of nitrogens with zero attached hydrogens (tertiary/aromatic N) is 1. The van der Waals surface area contributed by atoms with Gasteiger partial charge in [-0.1, -0.05) is 6.07 Å². The molecule has 1 amide bonds. The Bertz CT molecular complexity index is 371. The van der Waals surface area contributed by atoms with Crippen LogP contribution < -0.4 is 5.73 Å². The van der Waals surface area contributed by atoms with E-state index in [0.29, 0.717) is 6.54 Å². The Labute approximate surface area is 113 Å². The Morgan fingerprint density at radius 1 is 1.56 bits per heavy atom. The summed E-state index contributed by atoms with van der Waals surface area (Å²) in [7, 11) is 1.74. The maximum Gasteiger partial charge on any atom is 0.410 e. The number of nitrogens with two attached hydrogens (primary N) is 1. The molecule has 0 saturated heterocycles. The molecule has 5 heteroatoms. The van der Waals surface area contributed by atoms with Crippen LogP contribution in [0.25, 0.3) is 0 Å². The molecule has 1 aromatic heterocycles. The second-order valence-corrected chi connectivity index (χ2v) is 6.30. The smallest absolute Gasteiger partial charge is 0.410 e. The van der Waals surface area contributed by atoms with Crippen molar-refractivity contribution in [3.63, 3.8) is 0 Å². The van der Waals surface area contributed by atoms with Gasteiger partial charge in [-0.2, -0.15) is 0 Å². The number of hydrogen-bond donors (Lipinski definition) is 1. The predicted octanol–water partition coefficient (Wildman–Crippen LogP) is 2.48. The van der Waals surface area contributed by atoms with Crippen molar-refractivity contribution in [2.45, 2.75) is 38.8 Å². The summed E-state index contributed by atoms with van der Waals surface area (Å²) in [5.74, 6) is 0. The van der Waals surface area contributed by atoms with Crippen molar-refractivity contribution in [2.24, 2.45) is 5.73 Å². The number of carbonyl (C=O) groups is 1. The van der Waals surface area contributed by atoms with Gasteiger partial charge >= 0.3 is 6.09 Å². The van der Waals surface area contributed by atoms with Crippen LogP contribution in [-0.2, 0) is 11.2 Å². The summed E-state index contributed by atoms with van der Waals surface area (Å²) in [5.41, 5.74) is 5.27. The summed E-state index contributed by atoms with van der Waals surface area (Å²) in [6.07, 6.45) is 0.443. The second-order valence-electron chi connectivity index (χ2n) is 5.26. The number of amides is 1. The molecule has 0 bridgehead atoms. The summed E-state index contributed by atoms with van der Waals surface area (Å²) in [6, 6.07) is 4.02. The zero-order valence-corrected chi connectivity index (χ0v) is 12.3. The average Bonchev–Trinajstić information content (AvgIpc) is 2.75. The number of likely N-dealkylation sites (N-methyl/N-ethyl adjacent to an activating group) is 1. The quantitative estimate of drug-likeness (QED) is 0.914. The van der Waals surface area contributed by atoms with Crippen molar-refractivity contribution in [2.75, 3.05) is 13.6 Å². The van der Waals surface area contributed by atoms with Crippen LogP contribution in [-0.4, -0.2) is 36.2 Å². The minimum atomic E-state index is -0.479. The Morgan fingerprint density at radius 3 is 2.67 bits per heavy atom. The topological polar surface area (TPSA) is 55.6 Å². The van der Waals surface area contributed by atoms with Gasteiger partial charge in [0.05, 0.1) is 6.04 Å². The Hall–Kier alpha value is -1.07. The average molecular weight is 270 g/mol. The van der Waals surface area contributed by atoms with Gasteiger partial charge in [-0.3, -0.25) is 0 Å². The van der Waals surface area contributed by atoms with Gasteiger partial charge < -0.3 is 15.4 Å². The van der Waals surface area contributed by atoms with Gasteiger partial charge in [0.25, 0.3) is 0 Å². The number of ether oxygens (including phenoxy) is 1. The van der Waals surface area contributed by atoms with Crippen LogP contribution in [0, 0.1) is 0 Å². The van der Waals surface area contributed by atoms with E-state index in [-0.39, 0.29) is 12.1 Å². The first-order valence-electron chi connectivity index (χ1n) is 6.01. The molecule has 1 rings (SSSR count). The molecule has 18 heavy (non-hydrogen) atoms. The SMILES string of the molecule is CN(C(=O)OC(C)(C)C)[C@@H](CN)Cc1cccs1. The van der Waals surface area contributed by atoms with E-state index >= 15 is 0 Å². The summed E-state index contributed by atoms with van der Waals surface area (Å²) in [5, 5.41) is 2.02. The molecule has 0 unspecified atom stereocenters. The van der Waals surface area contributed by atoms with Gasteiger partial charge in [-0.05, 0) is 32.2 Å². The molecule has 0 aliphatic heterocycles. The third-order valence-electron chi connectivity index (χ3n) is 2.52. The first-order valence-corrected chi connectivity index (χ1v) is 6.89. The van der Waals surface area contributed by atoms with Crippen LogP contribution in [0.5, 0.6) is 0 Å². The lowest BCUT2D eigenvalue weighted by molar-refractivity contribution is 0.0229. The van der Waals surface area contributed by atoms with Crippen molar-refractivity contribution >= 4 is 17.4 Å². The van der Waals surface area contributed by atoms with Gasteiger partial charge in [0.15, 0.2) is 0 Å². The fourth-order valence-electron chi connectivity index (χ4n) is 1.52. The van der Waals surface area contributed by atoms with Gasteiger partial charge in [-0.25, -0.2) is 4.79 Å². The molecular formula is C13H22N2O2S. The fraction of sp³-hybridized carbons (Fsp3) is 0.615. The normalized spacial score (nSPS) is 13.2. The maximum atomic E-state index is 11.9. The van der Waals surface area contributed by atoms with Gasteiger partial charge in [-0.15, -0.1) is 11.3 Å². The highest BCUT2D eigenvalue weighted by atomic mass is 32.1. The molecule has 0 saturated carbocycles. The molecule has 0 fully saturated rings. The summed E-state index contributed by atoms with van der Waals surface area (Å²) >= 11 is 1.67. The fourth-order valence-corrected chi connectivity index (χ4v) is 2.30. The minimum Gasteiger partial charge on any atom is -0.444 e. The van der Waals surface area contributed by atoms with E-state index in [9.17, 15) is 4.79 Å². The van der Waals surface area contributed by atoms with Gasteiger partial charge in [0, 0.05) is 24.9 Å². The Morgan fingerprint density at radius 2 is 2.22 bits per heavy atom. The van der Waals surface area contributed by atoms with E-state index in [1.54, 1.807) is 23.3 Å². The van der Waals surface area contributed by atoms with Crippen LogP contribution in [0.2, 0.25) is 0 Å². The summed E-state index contributed by atoms with van der Waals surface area (Å²) in [6.45, 7) is 5.99. The third-order valence-corrected chi connectivity index (χ3v) is 3.42. The molecule has 0 spiro atoms. The van der Waals surface area contributed by atoms with Crippen LogP contribution in [0.15, 0.2) is 17.5 Å². The minimum absolute atomic E-state index is 0.0292. The van der Waals surface area contributed by atoms with Crippen molar-refractivity contribution in [1.29, 1.82) is 0 Å². The van der Waals surface area contributed by atoms with Gasteiger partial charge in [0.1, 0.15) is 5.60 Å². The summed E-state index contributed by atoms with van der Waals surface area (Å²) < 4.78 is 5.34. The molecule has 0 aromatic carbocycles. The molecule has 1 aromatic rings. The van der Waals surface area contributed by atoms with E-state index in [0.717, 1.165) is 6.42 Å². The lowest BCUT2D eigenvalue weighted by atomic mass is 10.1. The van der Waals surface area contributed by atoms with E-state index in [1.807, 2.05) is 32.2 Å². The van der Waals surface area contributed by atoms with Crippen LogP contribution >= 0.6 is 11.3 Å². The number of carbonyl (C=O) groups excluding carboxylic acids is 1. The molecule has 2 N–H and O–H groups in total. The number of hydrogen-bond acceptors (Lipinski definition) is 4. The first kappa shape index (κ1) is 15.0. The Kier molecular flexibility index (Phi) is 5.16. The van der Waals surface area contributed by atoms with E-state index in [4.69, 9.17) is 10.5 Å². The van der Waals surface area contributed by atoms with Crippen LogP contribution in [0.1, 0.15) is 25.6 Å². The largest absolute Gasteiger partial charge is 0.444 e. The second kappa shape index (κ2) is 6.20. The summed E-state index contributed by atoms with van der Waals surface area (Å²) in [4.78, 5) is 14.8. The highest BCUT2D eigenvalue weighted by Crippen LogP contribution is 2.15. The monoisotopic (exact) mass is 270 g/mol. The van der Waals surface area contributed by atoms with Gasteiger partial charge in [0.2, 0.25) is 0 Å². The van der Waals surface area contributed by atoms with Crippen LogP contribution in [0.4, 0.5) is 4.79 Å². The maximum absolute atomic E-state index is 11.9. The molecule has 4 nitrogen and oxygen atoms in total. The van der Waals surface area contributed by atoms with E-state index in [2.05, 4.69) is 6.07 Å². The molecule has 1 heterocycles. The number of thiophene rings is 1. The van der Waals surface area contributed by atoms with E-state index in [1.165, 1.54) is 4.88 Å². The van der Waals surface area contributed by atoms with E-state index < -0.39 is 5.60 Å². The molecule has 102 valence electrons. The standard InChI is InChI=1S/C13H22N2O2S/c1-13(2,3)17-12(16)15(4)10(9-14)8-11-6-5-7-18-11/h5-7,10H,8-9,14H2,1-4H3/t10-/m1/s1. The molecule has 0 aliphatic rings. The number of rotatable bonds is 4. The lowest BCUT2D eigenvalue weighted by Gasteiger charge is -2.29. The van der Waals surface area contributed by atoms with Crippen molar-refractivity contribution in [3.8, 4) is 0 Å². The Balaban J connectivity index is 2.61. The first-order chi connectivity index (χ1) is 8.33. The zero-order chi connectivity index (χ0) is 13.8. The molecule has 0 aliphatic carbocycles. The van der Waals surface area contributed by atoms with Crippen molar-refractivity contribution in [1.82, 2.24) is 4.90 Å². The molecule has 0 radical (unpaired) electrons. The predicted molar refractivity (Wildman–Crippen MR) is 74.9 cm³/mol. The highest BCUT2D eigenvalue weighted by Gasteiger charge is 2.24. The van der Waals surface area contributed by atoms with Crippen molar-refractivity contribution < 1.29 is 9.53 Å². The lowest BCUT2D eigenvalue weighted by Crippen LogP contribution is -2.45. The third kappa shape index (κ3) is 4.66. The molecule has 1 atom stereocenters. The van der Waals surface area contributed by atoms with Crippen molar-refractivity contribution in [3.05, 3.63) is 22.4 Å². The molecular weight excluding hydrogens is 248 g/mol. The van der Waals surface area contributed by atoms with Crippen LogP contribution in [0.3, 0.4) is 0 Å². The highest BCUT2D eigenvalue weighted by molar-refractivity contribution is 7.09.